The molecule has 82 valence electrons. The van der Waals surface area contributed by atoms with Crippen molar-refractivity contribution in [3.8, 4) is 0 Å². The van der Waals surface area contributed by atoms with Gasteiger partial charge in [-0.15, -0.1) is 0 Å². The third kappa shape index (κ3) is 2.48. The van der Waals surface area contributed by atoms with Crippen LogP contribution in [0.25, 0.3) is 0 Å². The summed E-state index contributed by atoms with van der Waals surface area (Å²) in [5, 5.41) is 3.44. The minimum absolute atomic E-state index is 0.517. The third-order valence-electron chi connectivity index (χ3n) is 3.33. The average molecular weight is 205 g/mol. The molecule has 1 saturated carbocycles. The number of nitrogens with one attached hydrogen (secondary N) is 1. The van der Waals surface area contributed by atoms with Crippen molar-refractivity contribution in [1.29, 1.82) is 0 Å². The van der Waals surface area contributed by atoms with Gasteiger partial charge in [0.2, 0.25) is 0 Å². The molecule has 0 spiro atoms. The van der Waals surface area contributed by atoms with E-state index in [1.807, 2.05) is 12.1 Å². The summed E-state index contributed by atoms with van der Waals surface area (Å²) in [6.45, 7) is 4.19. The van der Waals surface area contributed by atoms with Crippen LogP contribution in [0, 0.1) is 5.41 Å². The van der Waals surface area contributed by atoms with E-state index in [4.69, 9.17) is 5.73 Å². The fraction of sp³-hybridized carbons (Fsp3) is 0.583. The van der Waals surface area contributed by atoms with E-state index in [1.165, 1.54) is 19.3 Å². The number of hydrogen-bond acceptors (Lipinski definition) is 3. The van der Waals surface area contributed by atoms with E-state index in [2.05, 4.69) is 17.2 Å². The van der Waals surface area contributed by atoms with Crippen LogP contribution >= 0.6 is 0 Å². The summed E-state index contributed by atoms with van der Waals surface area (Å²) in [6.07, 6.45) is 5.86. The standard InChI is InChI=1S/C12H19N3/c1-12(5-3-6-12)9-14-8-11-10(13)4-2-7-15-11/h2,4,7,14H,3,5-6,8-9,13H2,1H3. The molecule has 0 atom stereocenters. The first-order chi connectivity index (χ1) is 7.20. The molecule has 0 saturated heterocycles. The molecule has 0 unspecified atom stereocenters. The zero-order valence-electron chi connectivity index (χ0n) is 9.29. The van der Waals surface area contributed by atoms with Crippen molar-refractivity contribution in [2.75, 3.05) is 12.3 Å². The molecule has 1 aliphatic rings. The molecule has 0 bridgehead atoms. The van der Waals surface area contributed by atoms with Gasteiger partial charge in [-0.3, -0.25) is 4.98 Å². The van der Waals surface area contributed by atoms with Gasteiger partial charge in [-0.1, -0.05) is 13.3 Å². The molecular weight excluding hydrogens is 186 g/mol. The molecule has 1 aromatic rings. The smallest absolute Gasteiger partial charge is 0.0770 e. The third-order valence-corrected chi connectivity index (χ3v) is 3.33. The van der Waals surface area contributed by atoms with Crippen LogP contribution < -0.4 is 11.1 Å². The van der Waals surface area contributed by atoms with Gasteiger partial charge in [-0.2, -0.15) is 0 Å². The van der Waals surface area contributed by atoms with Gasteiger partial charge in [0.25, 0.3) is 0 Å². The number of rotatable bonds is 4. The highest BCUT2D eigenvalue weighted by atomic mass is 14.9. The van der Waals surface area contributed by atoms with E-state index in [0.29, 0.717) is 5.41 Å². The van der Waals surface area contributed by atoms with Crippen molar-refractivity contribution in [1.82, 2.24) is 10.3 Å². The molecule has 1 fully saturated rings. The topological polar surface area (TPSA) is 50.9 Å². The quantitative estimate of drug-likeness (QED) is 0.790. The van der Waals surface area contributed by atoms with Crippen LogP contribution in [0.1, 0.15) is 31.9 Å². The average Bonchev–Trinajstić information content (AvgIpc) is 2.18. The van der Waals surface area contributed by atoms with E-state index in [0.717, 1.165) is 24.5 Å². The minimum Gasteiger partial charge on any atom is -0.397 e. The summed E-state index contributed by atoms with van der Waals surface area (Å²) in [4.78, 5) is 4.25. The number of pyridine rings is 1. The molecule has 3 heteroatoms. The number of nitrogens with zero attached hydrogens (tertiary/aromatic N) is 1. The van der Waals surface area contributed by atoms with Gasteiger partial charge >= 0.3 is 0 Å². The van der Waals surface area contributed by atoms with E-state index < -0.39 is 0 Å². The molecule has 3 N–H and O–H groups in total. The van der Waals surface area contributed by atoms with E-state index >= 15 is 0 Å². The van der Waals surface area contributed by atoms with Crippen molar-refractivity contribution in [2.45, 2.75) is 32.7 Å². The summed E-state index contributed by atoms with van der Waals surface area (Å²) < 4.78 is 0. The molecule has 3 nitrogen and oxygen atoms in total. The lowest BCUT2D eigenvalue weighted by molar-refractivity contribution is 0.156. The Morgan fingerprint density at radius 1 is 1.53 bits per heavy atom. The van der Waals surface area contributed by atoms with Crippen molar-refractivity contribution in [3.05, 3.63) is 24.0 Å². The summed E-state index contributed by atoms with van der Waals surface area (Å²) in [5.74, 6) is 0. The van der Waals surface area contributed by atoms with Crippen LogP contribution in [0.4, 0.5) is 5.69 Å². The SMILES string of the molecule is CC1(CNCc2ncccc2N)CCC1. The van der Waals surface area contributed by atoms with Gasteiger partial charge in [0.05, 0.1) is 11.4 Å². The molecule has 0 aromatic carbocycles. The highest BCUT2D eigenvalue weighted by Gasteiger charge is 2.30. The fourth-order valence-electron chi connectivity index (χ4n) is 2.04. The summed E-state index contributed by atoms with van der Waals surface area (Å²) in [5.41, 5.74) is 8.07. The van der Waals surface area contributed by atoms with Crippen molar-refractivity contribution in [3.63, 3.8) is 0 Å². The maximum Gasteiger partial charge on any atom is 0.0770 e. The highest BCUT2D eigenvalue weighted by molar-refractivity contribution is 5.41. The van der Waals surface area contributed by atoms with Gasteiger partial charge in [0, 0.05) is 19.3 Å². The number of hydrogen-bond donors (Lipinski definition) is 2. The Hall–Kier alpha value is -1.09. The maximum atomic E-state index is 5.81. The van der Waals surface area contributed by atoms with Gasteiger partial charge in [0.1, 0.15) is 0 Å². The number of nitrogens with two attached hydrogens (primary N) is 1. The fourth-order valence-corrected chi connectivity index (χ4v) is 2.04. The number of aromatic nitrogens is 1. The zero-order valence-corrected chi connectivity index (χ0v) is 9.29. The summed E-state index contributed by atoms with van der Waals surface area (Å²) in [6, 6.07) is 3.77. The van der Waals surface area contributed by atoms with E-state index in [-0.39, 0.29) is 0 Å². The molecule has 0 radical (unpaired) electrons. The molecule has 2 rings (SSSR count). The van der Waals surface area contributed by atoms with Gasteiger partial charge < -0.3 is 11.1 Å². The van der Waals surface area contributed by atoms with E-state index in [1.54, 1.807) is 6.20 Å². The van der Waals surface area contributed by atoms with Crippen molar-refractivity contribution < 1.29 is 0 Å². The second-order valence-corrected chi connectivity index (χ2v) is 4.81. The number of anilines is 1. The lowest BCUT2D eigenvalue weighted by Crippen LogP contribution is -2.37. The van der Waals surface area contributed by atoms with Crippen LogP contribution in [0.2, 0.25) is 0 Å². The molecule has 1 aliphatic carbocycles. The normalized spacial score (nSPS) is 18.5. The first-order valence-corrected chi connectivity index (χ1v) is 5.60. The largest absolute Gasteiger partial charge is 0.397 e. The first-order valence-electron chi connectivity index (χ1n) is 5.60. The Kier molecular flexibility index (Phi) is 2.91. The van der Waals surface area contributed by atoms with Crippen LogP contribution in [0.15, 0.2) is 18.3 Å². The minimum atomic E-state index is 0.517. The molecule has 0 aliphatic heterocycles. The Bertz CT molecular complexity index is 331. The monoisotopic (exact) mass is 205 g/mol. The zero-order chi connectivity index (χ0) is 10.7. The Morgan fingerprint density at radius 2 is 2.33 bits per heavy atom. The van der Waals surface area contributed by atoms with E-state index in [9.17, 15) is 0 Å². The van der Waals surface area contributed by atoms with Crippen LogP contribution in [-0.2, 0) is 6.54 Å². The Balaban J connectivity index is 1.81. The molecule has 15 heavy (non-hydrogen) atoms. The molecule has 1 aromatic heterocycles. The molecule has 1 heterocycles. The molecule has 0 amide bonds. The first kappa shape index (κ1) is 10.4. The second kappa shape index (κ2) is 4.19. The van der Waals surface area contributed by atoms with Crippen molar-refractivity contribution >= 4 is 5.69 Å². The van der Waals surface area contributed by atoms with Crippen LogP contribution in [0.3, 0.4) is 0 Å². The van der Waals surface area contributed by atoms with Gasteiger partial charge in [-0.25, -0.2) is 0 Å². The number of nitrogen functional groups attached to an aromatic ring is 1. The van der Waals surface area contributed by atoms with Crippen LogP contribution in [0.5, 0.6) is 0 Å². The maximum absolute atomic E-state index is 5.81. The van der Waals surface area contributed by atoms with Gasteiger partial charge in [0.15, 0.2) is 0 Å². The van der Waals surface area contributed by atoms with Crippen LogP contribution in [-0.4, -0.2) is 11.5 Å². The lowest BCUT2D eigenvalue weighted by atomic mass is 9.70. The van der Waals surface area contributed by atoms with Crippen molar-refractivity contribution in [2.24, 2.45) is 5.41 Å². The Morgan fingerprint density at radius 3 is 2.93 bits per heavy atom. The summed E-state index contributed by atoms with van der Waals surface area (Å²) >= 11 is 0. The lowest BCUT2D eigenvalue weighted by Gasteiger charge is -2.38. The Labute approximate surface area is 91.1 Å². The predicted molar refractivity (Wildman–Crippen MR) is 62.3 cm³/mol. The highest BCUT2D eigenvalue weighted by Crippen LogP contribution is 2.39. The molecular formula is C12H19N3. The van der Waals surface area contributed by atoms with Gasteiger partial charge in [-0.05, 0) is 30.4 Å². The second-order valence-electron chi connectivity index (χ2n) is 4.81. The summed E-state index contributed by atoms with van der Waals surface area (Å²) in [7, 11) is 0. The predicted octanol–water partition coefficient (Wildman–Crippen LogP) is 1.94.